The molecule has 1 aromatic heterocycles. The Hall–Kier alpha value is -3.58. The molecule has 36 heavy (non-hydrogen) atoms. The Morgan fingerprint density at radius 3 is 2.42 bits per heavy atom. The largest absolute Gasteiger partial charge is 0.478 e. The number of carboxylic acids is 1. The number of H-pyrrole nitrogens is 1. The first-order chi connectivity index (χ1) is 17.4. The average Bonchev–Trinajstić information content (AvgIpc) is 2.91. The first-order valence-corrected chi connectivity index (χ1v) is 12.7. The van der Waals surface area contributed by atoms with E-state index in [0.717, 1.165) is 55.3 Å². The van der Waals surface area contributed by atoms with Gasteiger partial charge >= 0.3 is 5.97 Å². The van der Waals surface area contributed by atoms with Crippen molar-refractivity contribution in [3.05, 3.63) is 82.0 Å². The van der Waals surface area contributed by atoms with Gasteiger partial charge in [0.25, 0.3) is 0 Å². The number of aryl methyl sites for hydroxylation is 1. The molecule has 2 aliphatic rings. The Balaban J connectivity index is 0.00000176. The molecule has 0 aliphatic carbocycles. The van der Waals surface area contributed by atoms with Crippen LogP contribution >= 0.6 is 0 Å². The van der Waals surface area contributed by atoms with Crippen LogP contribution in [0.4, 0.5) is 0 Å². The molecule has 2 aromatic rings. The molecule has 1 saturated heterocycles. The van der Waals surface area contributed by atoms with Gasteiger partial charge in [-0.25, -0.2) is 4.79 Å². The average molecular weight is 490 g/mol. The molecule has 3 N–H and O–H groups in total. The summed E-state index contributed by atoms with van der Waals surface area (Å²) in [7, 11) is 3.82. The van der Waals surface area contributed by atoms with Crippen molar-refractivity contribution in [2.45, 2.75) is 39.2 Å². The van der Waals surface area contributed by atoms with Crippen LogP contribution in [0.3, 0.4) is 0 Å². The van der Waals surface area contributed by atoms with Gasteiger partial charge in [0.2, 0.25) is 0 Å². The smallest absolute Gasteiger partial charge is 0.335 e. The first-order valence-electron chi connectivity index (χ1n) is 12.7. The summed E-state index contributed by atoms with van der Waals surface area (Å²) in [5, 5.41) is 17.9. The van der Waals surface area contributed by atoms with Gasteiger partial charge in [-0.15, -0.1) is 0 Å². The lowest BCUT2D eigenvalue weighted by atomic mass is 9.89. The topological polar surface area (TPSA) is 85.7 Å². The van der Waals surface area contributed by atoms with Crippen LogP contribution in [0.25, 0.3) is 12.2 Å². The number of carboxylic acid groups (broad SMARTS) is 1. The number of rotatable bonds is 4. The van der Waals surface area contributed by atoms with Gasteiger partial charge in [-0.1, -0.05) is 38.6 Å². The Bertz CT molecular complexity index is 1260. The fourth-order valence-electron chi connectivity index (χ4n) is 4.64. The predicted octanol–water partition coefficient (Wildman–Crippen LogP) is 3.33. The number of likely N-dealkylation sites (tertiary alicyclic amines) is 1. The van der Waals surface area contributed by atoms with E-state index in [1.807, 2.05) is 45.3 Å². The minimum absolute atomic E-state index is 0.343. The fourth-order valence-corrected chi connectivity index (χ4v) is 4.64. The summed E-state index contributed by atoms with van der Waals surface area (Å²) in [6, 6.07) is 11.6. The fraction of sp³-hybridized carbons (Fsp3) is 0.379. The maximum absolute atomic E-state index is 11.1. The summed E-state index contributed by atoms with van der Waals surface area (Å²) in [4.78, 5) is 17.8. The van der Waals surface area contributed by atoms with Gasteiger partial charge in [-0.2, -0.15) is 0 Å². The molecule has 0 saturated carbocycles. The molecule has 7 heteroatoms. The van der Waals surface area contributed by atoms with E-state index < -0.39 is 5.97 Å². The number of aliphatic imine (C=N–C) groups is 1. The van der Waals surface area contributed by atoms with Crippen LogP contribution in [0, 0.1) is 0 Å². The Kier molecular flexibility index (Phi) is 9.70. The van der Waals surface area contributed by atoms with Gasteiger partial charge in [-0.05, 0) is 83.8 Å². The van der Waals surface area contributed by atoms with Crippen LogP contribution in [0.15, 0.2) is 59.7 Å². The van der Waals surface area contributed by atoms with Crippen LogP contribution in [-0.2, 0) is 13.6 Å². The lowest BCUT2D eigenvalue weighted by Gasteiger charge is -2.32. The van der Waals surface area contributed by atoms with Crippen molar-refractivity contribution >= 4 is 24.0 Å². The van der Waals surface area contributed by atoms with E-state index in [1.165, 1.54) is 16.8 Å². The Morgan fingerprint density at radius 2 is 1.83 bits per heavy atom. The number of benzene rings is 1. The van der Waals surface area contributed by atoms with Gasteiger partial charge in [-0.3, -0.25) is 14.6 Å². The van der Waals surface area contributed by atoms with Gasteiger partial charge in [0.1, 0.15) is 5.84 Å². The quantitative estimate of drug-likeness (QED) is 0.615. The molecule has 0 amide bonds. The number of aromatic amines is 1. The van der Waals surface area contributed by atoms with Crippen LogP contribution in [0.2, 0.25) is 0 Å². The molecular weight excluding hydrogens is 450 g/mol. The lowest BCUT2D eigenvalue weighted by Crippen LogP contribution is -2.35. The van der Waals surface area contributed by atoms with E-state index in [0.29, 0.717) is 11.5 Å². The molecule has 0 radical (unpaired) electrons. The molecule has 0 bridgehead atoms. The van der Waals surface area contributed by atoms with Crippen LogP contribution < -0.4 is 15.8 Å². The van der Waals surface area contributed by atoms with Crippen molar-refractivity contribution in [1.29, 1.82) is 0 Å². The second-order valence-corrected chi connectivity index (χ2v) is 8.89. The van der Waals surface area contributed by atoms with Crippen molar-refractivity contribution in [3.8, 4) is 0 Å². The lowest BCUT2D eigenvalue weighted by molar-refractivity contribution is 0.0697. The zero-order chi connectivity index (χ0) is 26.1. The van der Waals surface area contributed by atoms with E-state index in [4.69, 9.17) is 5.11 Å². The summed E-state index contributed by atoms with van der Waals surface area (Å²) in [6.45, 7) is 11.9. The third-order valence-corrected chi connectivity index (χ3v) is 6.73. The highest BCUT2D eigenvalue weighted by atomic mass is 16.4. The van der Waals surface area contributed by atoms with Crippen molar-refractivity contribution in [2.24, 2.45) is 12.0 Å². The number of aromatic nitrogens is 2. The SMILES string of the molecule is C=c1cc(CN2CCC(c3ccc(C(=O)O)cc3)CC2)n(C)[nH]cc/c1=C1\C=CC(=NC)NC1.CC. The van der Waals surface area contributed by atoms with Crippen molar-refractivity contribution in [1.82, 2.24) is 20.0 Å². The normalized spacial score (nSPS) is 18.7. The first kappa shape index (κ1) is 27.0. The van der Waals surface area contributed by atoms with E-state index >= 15 is 0 Å². The number of nitrogens with one attached hydrogen (secondary N) is 2. The maximum Gasteiger partial charge on any atom is 0.335 e. The van der Waals surface area contributed by atoms with Crippen LogP contribution in [0.1, 0.15) is 54.2 Å². The Labute approximate surface area is 213 Å². The zero-order valence-corrected chi connectivity index (χ0v) is 21.9. The van der Waals surface area contributed by atoms with E-state index in [1.54, 1.807) is 19.2 Å². The Morgan fingerprint density at radius 1 is 1.14 bits per heavy atom. The van der Waals surface area contributed by atoms with Gasteiger partial charge < -0.3 is 15.5 Å². The summed E-state index contributed by atoms with van der Waals surface area (Å²) < 4.78 is 2.05. The molecule has 192 valence electrons. The summed E-state index contributed by atoms with van der Waals surface area (Å²) >= 11 is 0. The van der Waals surface area contributed by atoms with Crippen molar-refractivity contribution < 1.29 is 9.90 Å². The maximum atomic E-state index is 11.1. The number of aromatic carboxylic acids is 1. The minimum atomic E-state index is -0.878. The number of hydrogen-bond donors (Lipinski definition) is 3. The summed E-state index contributed by atoms with van der Waals surface area (Å²) in [5.74, 6) is 0.481. The third kappa shape index (κ3) is 6.76. The number of carbonyl (C=O) groups is 1. The number of piperidine rings is 1. The molecular formula is C29H39N5O2. The molecule has 4 rings (SSSR count). The predicted molar refractivity (Wildman–Crippen MR) is 148 cm³/mol. The van der Waals surface area contributed by atoms with Gasteiger partial charge in [0.15, 0.2) is 0 Å². The van der Waals surface area contributed by atoms with E-state index in [2.05, 4.69) is 49.8 Å². The number of amidine groups is 1. The van der Waals surface area contributed by atoms with Crippen LogP contribution in [-0.4, -0.2) is 58.3 Å². The van der Waals surface area contributed by atoms with Crippen molar-refractivity contribution in [3.63, 3.8) is 0 Å². The number of hydrogen-bond acceptors (Lipinski definition) is 3. The van der Waals surface area contributed by atoms with Gasteiger partial charge in [0, 0.05) is 39.1 Å². The third-order valence-electron chi connectivity index (χ3n) is 6.73. The molecule has 1 aromatic carbocycles. The molecule has 0 spiro atoms. The minimum Gasteiger partial charge on any atom is -0.478 e. The molecule has 2 aliphatic heterocycles. The second kappa shape index (κ2) is 12.9. The highest BCUT2D eigenvalue weighted by Crippen LogP contribution is 2.28. The van der Waals surface area contributed by atoms with Gasteiger partial charge in [0.05, 0.1) is 5.56 Å². The highest BCUT2D eigenvalue weighted by Gasteiger charge is 2.21. The molecule has 3 heterocycles. The molecule has 0 atom stereocenters. The summed E-state index contributed by atoms with van der Waals surface area (Å²) in [6.07, 6.45) is 8.19. The standard InChI is InChI=1S/C27H33N5O2.C2H6/c1-19-16-24(31(3)30-13-10-25(19)23-8-9-26(28-2)29-17-23)18-32-14-11-21(12-15-32)20-4-6-22(7-5-20)27(33)34;1-2/h4-10,13,16,21,30H,1,11-12,14-15,17-18H2,2-3H3,(H,28,29)(H,33,34);1-2H3/b13-10?,24-16?,25-23-;. The van der Waals surface area contributed by atoms with Crippen molar-refractivity contribution in [2.75, 3.05) is 26.7 Å². The van der Waals surface area contributed by atoms with E-state index in [9.17, 15) is 4.79 Å². The molecule has 1 fully saturated rings. The van der Waals surface area contributed by atoms with Crippen LogP contribution in [0.5, 0.6) is 0 Å². The second-order valence-electron chi connectivity index (χ2n) is 8.89. The number of nitrogens with zero attached hydrogens (tertiary/aromatic N) is 3. The monoisotopic (exact) mass is 489 g/mol. The molecule has 0 unspecified atom stereocenters. The summed E-state index contributed by atoms with van der Waals surface area (Å²) in [5.41, 5.74) is 3.93. The zero-order valence-electron chi connectivity index (χ0n) is 21.9. The highest BCUT2D eigenvalue weighted by molar-refractivity contribution is 5.97. The molecule has 7 nitrogen and oxygen atoms in total. The van der Waals surface area contributed by atoms with E-state index in [-0.39, 0.29) is 0 Å².